The minimum absolute atomic E-state index is 0.0173. The summed E-state index contributed by atoms with van der Waals surface area (Å²) < 4.78 is 0. The molecule has 0 unspecified atom stereocenters. The van der Waals surface area contributed by atoms with Gasteiger partial charge in [-0.1, -0.05) is 19.3 Å². The van der Waals surface area contributed by atoms with Crippen LogP contribution in [0.1, 0.15) is 32.1 Å². The Labute approximate surface area is 94.6 Å². The Hall–Kier alpha value is -1.10. The Balaban J connectivity index is 1.83. The molecule has 0 aromatic rings. The zero-order chi connectivity index (χ0) is 11.2. The molecule has 0 aromatic carbocycles. The molecule has 3 aliphatic rings. The maximum atomic E-state index is 12.3. The predicted molar refractivity (Wildman–Crippen MR) is 57.9 cm³/mol. The van der Waals surface area contributed by atoms with E-state index in [1.165, 1.54) is 11.3 Å². The van der Waals surface area contributed by atoms with E-state index in [2.05, 4.69) is 10.6 Å². The summed E-state index contributed by atoms with van der Waals surface area (Å²) in [6.45, 7) is 1.49. The van der Waals surface area contributed by atoms with Crippen molar-refractivity contribution in [3.8, 4) is 0 Å². The van der Waals surface area contributed by atoms with E-state index in [1.54, 1.807) is 0 Å². The van der Waals surface area contributed by atoms with Gasteiger partial charge in [0.05, 0.1) is 6.04 Å². The number of nitrogens with zero attached hydrogens (tertiary/aromatic N) is 1. The molecule has 3 rings (SSSR count). The first-order chi connectivity index (χ1) is 7.73. The van der Waals surface area contributed by atoms with Gasteiger partial charge in [-0.3, -0.25) is 9.69 Å². The van der Waals surface area contributed by atoms with Gasteiger partial charge in [-0.05, 0) is 12.8 Å². The fourth-order valence-electron chi connectivity index (χ4n) is 2.92. The van der Waals surface area contributed by atoms with Crippen molar-refractivity contribution in [1.82, 2.24) is 15.5 Å². The van der Waals surface area contributed by atoms with Crippen molar-refractivity contribution in [3.05, 3.63) is 0 Å². The van der Waals surface area contributed by atoms with Crippen molar-refractivity contribution in [2.24, 2.45) is 0 Å². The van der Waals surface area contributed by atoms with Gasteiger partial charge in [0.2, 0.25) is 0 Å². The normalized spacial score (nSPS) is 29.4. The second kappa shape index (κ2) is 3.45. The highest BCUT2D eigenvalue weighted by atomic mass is 16.2. The smallest absolute Gasteiger partial charge is 0.323 e. The fraction of sp³-hybridized carbons (Fsp3) is 0.818. The molecule has 1 aliphatic carbocycles. The molecule has 1 saturated carbocycles. The van der Waals surface area contributed by atoms with E-state index < -0.39 is 5.54 Å². The molecule has 3 fully saturated rings. The number of nitrogens with one attached hydrogen (secondary N) is 2. The molecule has 1 spiro atoms. The lowest BCUT2D eigenvalue weighted by molar-refractivity contribution is -0.134. The third-order valence-electron chi connectivity index (χ3n) is 4.03. The number of carbonyl (C=O) groups is 2. The van der Waals surface area contributed by atoms with Crippen LogP contribution in [0, 0.1) is 0 Å². The van der Waals surface area contributed by atoms with Gasteiger partial charge in [-0.15, -0.1) is 0 Å². The van der Waals surface area contributed by atoms with Gasteiger partial charge in [0.25, 0.3) is 5.91 Å². The van der Waals surface area contributed by atoms with Crippen LogP contribution in [0.4, 0.5) is 4.79 Å². The second-order valence-corrected chi connectivity index (χ2v) is 5.06. The largest absolute Gasteiger partial charge is 0.325 e. The maximum absolute atomic E-state index is 12.3. The highest BCUT2D eigenvalue weighted by molar-refractivity contribution is 6.07. The van der Waals surface area contributed by atoms with Gasteiger partial charge < -0.3 is 10.6 Å². The van der Waals surface area contributed by atoms with Gasteiger partial charge in [0.15, 0.2) is 0 Å². The third kappa shape index (κ3) is 1.27. The number of carbonyl (C=O) groups excluding carboxylic acids is 2. The Kier molecular flexibility index (Phi) is 2.17. The van der Waals surface area contributed by atoms with Crippen LogP contribution in [0.5, 0.6) is 0 Å². The predicted octanol–water partition coefficient (Wildman–Crippen LogP) is 0.213. The summed E-state index contributed by atoms with van der Waals surface area (Å²) in [6, 6.07) is -0.104. The summed E-state index contributed by atoms with van der Waals surface area (Å²) in [5.41, 5.74) is -0.551. The number of amides is 3. The number of imide groups is 1. The van der Waals surface area contributed by atoms with E-state index >= 15 is 0 Å². The van der Waals surface area contributed by atoms with Crippen molar-refractivity contribution in [3.63, 3.8) is 0 Å². The lowest BCUT2D eigenvalue weighted by Gasteiger charge is -2.35. The molecule has 5 nitrogen and oxygen atoms in total. The molecule has 0 bridgehead atoms. The van der Waals surface area contributed by atoms with Gasteiger partial charge in [-0.2, -0.15) is 0 Å². The molecule has 3 amide bonds. The first-order valence-corrected chi connectivity index (χ1v) is 6.09. The molecule has 0 radical (unpaired) electrons. The van der Waals surface area contributed by atoms with Crippen LogP contribution in [0.15, 0.2) is 0 Å². The minimum atomic E-state index is -0.551. The summed E-state index contributed by atoms with van der Waals surface area (Å²) in [7, 11) is 0. The third-order valence-corrected chi connectivity index (χ3v) is 4.03. The monoisotopic (exact) mass is 223 g/mol. The SMILES string of the molecule is O=C1NC2(CCCCC2)C(=O)N1C1CNC1. The molecule has 0 aromatic heterocycles. The quantitative estimate of drug-likeness (QED) is 0.625. The summed E-state index contributed by atoms with van der Waals surface area (Å²) in [5, 5.41) is 6.02. The molecule has 2 heterocycles. The van der Waals surface area contributed by atoms with Crippen LogP contribution in [-0.4, -0.2) is 41.5 Å². The molecule has 2 saturated heterocycles. The number of rotatable bonds is 1. The van der Waals surface area contributed by atoms with Crippen LogP contribution in [0.2, 0.25) is 0 Å². The summed E-state index contributed by atoms with van der Waals surface area (Å²) in [4.78, 5) is 25.6. The first-order valence-electron chi connectivity index (χ1n) is 6.09. The molecule has 2 N–H and O–H groups in total. The molecular formula is C11H17N3O2. The van der Waals surface area contributed by atoms with E-state index in [4.69, 9.17) is 0 Å². The van der Waals surface area contributed by atoms with Gasteiger partial charge in [0, 0.05) is 13.1 Å². The van der Waals surface area contributed by atoms with Crippen LogP contribution < -0.4 is 10.6 Å². The summed E-state index contributed by atoms with van der Waals surface area (Å²) in [6.07, 6.45) is 4.89. The van der Waals surface area contributed by atoms with E-state index in [0.717, 1.165) is 38.8 Å². The Morgan fingerprint density at radius 1 is 1.12 bits per heavy atom. The molecule has 2 aliphatic heterocycles. The highest BCUT2D eigenvalue weighted by Crippen LogP contribution is 2.34. The average molecular weight is 223 g/mol. The highest BCUT2D eigenvalue weighted by Gasteiger charge is 2.53. The standard InChI is InChI=1S/C11H17N3O2/c15-9-11(4-2-1-3-5-11)13-10(16)14(9)8-6-12-7-8/h8,12H,1-7H2,(H,13,16). The zero-order valence-corrected chi connectivity index (χ0v) is 9.29. The molecule has 5 heteroatoms. The van der Waals surface area contributed by atoms with Crippen molar-refractivity contribution in [2.75, 3.05) is 13.1 Å². The Morgan fingerprint density at radius 3 is 2.38 bits per heavy atom. The maximum Gasteiger partial charge on any atom is 0.325 e. The molecular weight excluding hydrogens is 206 g/mol. The number of urea groups is 1. The van der Waals surface area contributed by atoms with Crippen LogP contribution in [0.3, 0.4) is 0 Å². The van der Waals surface area contributed by atoms with Crippen LogP contribution in [-0.2, 0) is 4.79 Å². The topological polar surface area (TPSA) is 61.4 Å². The van der Waals surface area contributed by atoms with E-state index in [0.29, 0.717) is 0 Å². The van der Waals surface area contributed by atoms with E-state index in [9.17, 15) is 9.59 Å². The van der Waals surface area contributed by atoms with Crippen molar-refractivity contribution in [1.29, 1.82) is 0 Å². The Bertz CT molecular complexity index is 332. The summed E-state index contributed by atoms with van der Waals surface area (Å²) >= 11 is 0. The summed E-state index contributed by atoms with van der Waals surface area (Å²) in [5.74, 6) is 0.0173. The van der Waals surface area contributed by atoms with Crippen LogP contribution in [0.25, 0.3) is 0 Å². The van der Waals surface area contributed by atoms with Crippen molar-refractivity contribution >= 4 is 11.9 Å². The zero-order valence-electron chi connectivity index (χ0n) is 9.29. The second-order valence-electron chi connectivity index (χ2n) is 5.06. The molecule has 16 heavy (non-hydrogen) atoms. The lowest BCUT2D eigenvalue weighted by Crippen LogP contribution is -2.60. The minimum Gasteiger partial charge on any atom is -0.323 e. The number of hydrogen-bond donors (Lipinski definition) is 2. The first kappa shape index (κ1) is 10.1. The van der Waals surface area contributed by atoms with E-state index in [1.807, 2.05) is 0 Å². The van der Waals surface area contributed by atoms with Crippen LogP contribution >= 0.6 is 0 Å². The van der Waals surface area contributed by atoms with Gasteiger partial charge >= 0.3 is 6.03 Å². The van der Waals surface area contributed by atoms with Crippen molar-refractivity contribution < 1.29 is 9.59 Å². The van der Waals surface area contributed by atoms with Gasteiger partial charge in [-0.25, -0.2) is 4.79 Å². The Morgan fingerprint density at radius 2 is 1.81 bits per heavy atom. The average Bonchev–Trinajstić information content (AvgIpc) is 2.42. The van der Waals surface area contributed by atoms with E-state index in [-0.39, 0.29) is 18.0 Å². The molecule has 88 valence electrons. The fourth-order valence-corrected chi connectivity index (χ4v) is 2.92. The number of hydrogen-bond acceptors (Lipinski definition) is 3. The van der Waals surface area contributed by atoms with Crippen molar-refractivity contribution in [2.45, 2.75) is 43.7 Å². The van der Waals surface area contributed by atoms with Gasteiger partial charge in [0.1, 0.15) is 5.54 Å². The molecule has 0 atom stereocenters. The lowest BCUT2D eigenvalue weighted by atomic mass is 9.81.